The number of aromatic amines is 1. The van der Waals surface area contributed by atoms with Gasteiger partial charge in [0.25, 0.3) is 0 Å². The first-order chi connectivity index (χ1) is 13.0. The lowest BCUT2D eigenvalue weighted by molar-refractivity contribution is 0.119. The summed E-state index contributed by atoms with van der Waals surface area (Å²) >= 11 is 0. The van der Waals surface area contributed by atoms with Gasteiger partial charge in [-0.2, -0.15) is 0 Å². The highest BCUT2D eigenvalue weighted by atomic mass is 16.3. The Balaban J connectivity index is 1.47. The number of aliphatic hydroxyl groups is 1. The Kier molecular flexibility index (Phi) is 4.76. The van der Waals surface area contributed by atoms with Gasteiger partial charge in [0.2, 0.25) is 0 Å². The van der Waals surface area contributed by atoms with Crippen LogP contribution in [-0.2, 0) is 13.0 Å². The lowest BCUT2D eigenvalue weighted by Crippen LogP contribution is -2.41. The Morgan fingerprint density at radius 3 is 2.93 bits per heavy atom. The fourth-order valence-electron chi connectivity index (χ4n) is 4.06. The van der Waals surface area contributed by atoms with Crippen LogP contribution in [-0.4, -0.2) is 31.8 Å². The first kappa shape index (κ1) is 17.8. The third-order valence-corrected chi connectivity index (χ3v) is 5.46. The molecule has 0 saturated carbocycles. The first-order valence-corrected chi connectivity index (χ1v) is 9.46. The summed E-state index contributed by atoms with van der Waals surface area (Å²) in [4.78, 5) is 15.1. The molecule has 1 aliphatic rings. The van der Waals surface area contributed by atoms with E-state index >= 15 is 0 Å². The summed E-state index contributed by atoms with van der Waals surface area (Å²) in [6.07, 6.45) is 1.75. The van der Waals surface area contributed by atoms with E-state index in [4.69, 9.17) is 0 Å². The van der Waals surface area contributed by atoms with Gasteiger partial charge < -0.3 is 20.5 Å². The van der Waals surface area contributed by atoms with E-state index < -0.39 is 6.10 Å². The van der Waals surface area contributed by atoms with Crippen LogP contribution in [0.4, 0.5) is 0 Å². The number of imidazole rings is 1. The largest absolute Gasteiger partial charge is 0.508 e. The van der Waals surface area contributed by atoms with Crippen molar-refractivity contribution in [3.8, 4) is 5.75 Å². The highest BCUT2D eigenvalue weighted by Crippen LogP contribution is 2.30. The molecule has 27 heavy (non-hydrogen) atoms. The molecule has 0 saturated heterocycles. The highest BCUT2D eigenvalue weighted by molar-refractivity contribution is 5.79. The summed E-state index contributed by atoms with van der Waals surface area (Å²) in [6, 6.07) is 13.0. The molecule has 0 spiro atoms. The maximum atomic E-state index is 12.2. The zero-order chi connectivity index (χ0) is 19.0. The molecule has 1 aromatic heterocycles. The van der Waals surface area contributed by atoms with Gasteiger partial charge in [0.05, 0.1) is 17.1 Å². The number of hydrogen-bond donors (Lipinski definition) is 4. The number of phenols is 1. The maximum Gasteiger partial charge on any atom is 0.326 e. The summed E-state index contributed by atoms with van der Waals surface area (Å²) in [6.45, 7) is 2.68. The van der Waals surface area contributed by atoms with E-state index in [9.17, 15) is 15.0 Å². The summed E-state index contributed by atoms with van der Waals surface area (Å²) < 4.78 is 1.73. The van der Waals surface area contributed by atoms with Gasteiger partial charge in [-0.3, -0.25) is 4.57 Å². The molecule has 142 valence electrons. The van der Waals surface area contributed by atoms with Crippen molar-refractivity contribution in [3.05, 3.63) is 64.1 Å². The molecule has 3 atom stereocenters. The van der Waals surface area contributed by atoms with Gasteiger partial charge in [0.1, 0.15) is 5.75 Å². The molecule has 0 bridgehead atoms. The number of aromatic nitrogens is 2. The molecule has 0 fully saturated rings. The molecule has 2 aromatic carbocycles. The van der Waals surface area contributed by atoms with Crippen LogP contribution in [0.1, 0.15) is 37.0 Å². The van der Waals surface area contributed by atoms with Crippen LogP contribution in [0.3, 0.4) is 0 Å². The van der Waals surface area contributed by atoms with Crippen LogP contribution in [0.5, 0.6) is 5.75 Å². The lowest BCUT2D eigenvalue weighted by atomic mass is 9.98. The molecular formula is C21H25N3O3. The van der Waals surface area contributed by atoms with Gasteiger partial charge >= 0.3 is 5.69 Å². The second-order valence-corrected chi connectivity index (χ2v) is 7.44. The molecule has 0 aliphatic carbocycles. The molecular weight excluding hydrogens is 342 g/mol. The van der Waals surface area contributed by atoms with Crippen LogP contribution in [0.25, 0.3) is 11.0 Å². The normalized spacial score (nSPS) is 20.5. The van der Waals surface area contributed by atoms with Crippen LogP contribution in [0, 0.1) is 0 Å². The number of phenolic OH excluding ortho intramolecular Hbond substituents is 1. The van der Waals surface area contributed by atoms with Crippen molar-refractivity contribution in [2.45, 2.75) is 50.9 Å². The molecule has 0 amide bonds. The van der Waals surface area contributed by atoms with E-state index in [0.717, 1.165) is 35.0 Å². The second kappa shape index (κ2) is 7.21. The minimum Gasteiger partial charge on any atom is -0.508 e. The predicted molar refractivity (Wildman–Crippen MR) is 105 cm³/mol. The van der Waals surface area contributed by atoms with Crippen LogP contribution < -0.4 is 11.0 Å². The minimum absolute atomic E-state index is 0.117. The fourth-order valence-corrected chi connectivity index (χ4v) is 4.06. The van der Waals surface area contributed by atoms with E-state index in [2.05, 4.69) is 17.2 Å². The van der Waals surface area contributed by atoms with Crippen molar-refractivity contribution in [2.75, 3.05) is 0 Å². The van der Waals surface area contributed by atoms with E-state index in [0.29, 0.717) is 13.0 Å². The van der Waals surface area contributed by atoms with Crippen LogP contribution in [0.2, 0.25) is 0 Å². The fraction of sp³-hybridized carbons (Fsp3) is 0.381. The minimum atomic E-state index is -0.666. The quantitative estimate of drug-likeness (QED) is 0.558. The van der Waals surface area contributed by atoms with E-state index in [1.54, 1.807) is 16.7 Å². The third kappa shape index (κ3) is 3.50. The SMILES string of the molecule is C[C@H](CCc1cccc(O)c1)N[C@@H]1CCn2c(=O)[nH]c3cccc(c32)[C@H]1O. The number of para-hydroxylation sites is 1. The van der Waals surface area contributed by atoms with E-state index in [1.165, 1.54) is 0 Å². The molecule has 4 N–H and O–H groups in total. The summed E-state index contributed by atoms with van der Waals surface area (Å²) in [5.74, 6) is 0.285. The van der Waals surface area contributed by atoms with Gasteiger partial charge in [-0.1, -0.05) is 24.3 Å². The third-order valence-electron chi connectivity index (χ3n) is 5.46. The van der Waals surface area contributed by atoms with Crippen molar-refractivity contribution >= 4 is 11.0 Å². The number of benzene rings is 2. The van der Waals surface area contributed by atoms with Gasteiger partial charge in [0, 0.05) is 24.2 Å². The number of nitrogens with one attached hydrogen (secondary N) is 2. The van der Waals surface area contributed by atoms with Gasteiger partial charge in [0.15, 0.2) is 0 Å². The predicted octanol–water partition coefficient (Wildman–Crippen LogP) is 2.45. The molecule has 0 radical (unpaired) electrons. The average molecular weight is 367 g/mol. The molecule has 1 aliphatic heterocycles. The number of H-pyrrole nitrogens is 1. The number of aromatic hydroxyl groups is 1. The zero-order valence-electron chi connectivity index (χ0n) is 15.4. The van der Waals surface area contributed by atoms with Crippen molar-refractivity contribution in [1.29, 1.82) is 0 Å². The lowest BCUT2D eigenvalue weighted by Gasteiger charge is -2.26. The Bertz CT molecular complexity index is 1010. The van der Waals surface area contributed by atoms with Gasteiger partial charge in [-0.15, -0.1) is 0 Å². The molecule has 2 heterocycles. The molecule has 4 rings (SSSR count). The summed E-state index contributed by atoms with van der Waals surface area (Å²) in [7, 11) is 0. The number of aryl methyl sites for hydroxylation is 2. The number of nitrogens with zero attached hydrogens (tertiary/aromatic N) is 1. The molecule has 0 unspecified atom stereocenters. The Labute approximate surface area is 157 Å². The van der Waals surface area contributed by atoms with Gasteiger partial charge in [-0.25, -0.2) is 4.79 Å². The van der Waals surface area contributed by atoms with Crippen molar-refractivity contribution < 1.29 is 10.2 Å². The Morgan fingerprint density at radius 2 is 2.11 bits per heavy atom. The number of aliphatic hydroxyl groups excluding tert-OH is 1. The topological polar surface area (TPSA) is 90.3 Å². The standard InChI is InChI=1S/C21H25N3O3/c1-13(8-9-14-4-2-5-15(25)12-14)22-18-10-11-24-19-16(20(18)26)6-3-7-17(19)23-21(24)27/h2-7,12-13,18,20,22,25-26H,8-11H2,1H3,(H,23,27)/t13-,18-,20-/m1/s1. The van der Waals surface area contributed by atoms with Crippen molar-refractivity contribution in [2.24, 2.45) is 0 Å². The number of rotatable bonds is 5. The summed E-state index contributed by atoms with van der Waals surface area (Å²) in [5, 5.41) is 24.1. The highest BCUT2D eigenvalue weighted by Gasteiger charge is 2.29. The van der Waals surface area contributed by atoms with Crippen LogP contribution in [0.15, 0.2) is 47.3 Å². The molecule has 6 nitrogen and oxygen atoms in total. The maximum absolute atomic E-state index is 12.2. The average Bonchev–Trinajstić information content (AvgIpc) is 2.90. The van der Waals surface area contributed by atoms with E-state index in [-0.39, 0.29) is 23.5 Å². The van der Waals surface area contributed by atoms with E-state index in [1.807, 2.05) is 30.3 Å². The molecule has 6 heteroatoms. The van der Waals surface area contributed by atoms with Crippen molar-refractivity contribution in [3.63, 3.8) is 0 Å². The van der Waals surface area contributed by atoms with Crippen molar-refractivity contribution in [1.82, 2.24) is 14.9 Å². The first-order valence-electron chi connectivity index (χ1n) is 9.46. The smallest absolute Gasteiger partial charge is 0.326 e. The molecule has 3 aromatic rings. The Morgan fingerprint density at radius 1 is 1.30 bits per heavy atom. The zero-order valence-corrected chi connectivity index (χ0v) is 15.4. The Hall–Kier alpha value is -2.57. The summed E-state index contributed by atoms with van der Waals surface area (Å²) in [5.41, 5.74) is 3.35. The van der Waals surface area contributed by atoms with Crippen LogP contribution >= 0.6 is 0 Å². The second-order valence-electron chi connectivity index (χ2n) is 7.44. The van der Waals surface area contributed by atoms with Gasteiger partial charge in [-0.05, 0) is 49.9 Å². The monoisotopic (exact) mass is 367 g/mol. The number of hydrogen-bond acceptors (Lipinski definition) is 4.